The molecule has 9 nitrogen and oxygen atoms in total. The second kappa shape index (κ2) is 11.9. The van der Waals surface area contributed by atoms with Crippen LogP contribution in [0.15, 0.2) is 18.2 Å². The number of aliphatic carboxylic acids is 1. The van der Waals surface area contributed by atoms with Crippen molar-refractivity contribution in [1.82, 2.24) is 10.2 Å². The average Bonchev–Trinajstić information content (AvgIpc) is 3.46. The van der Waals surface area contributed by atoms with Gasteiger partial charge < -0.3 is 19.8 Å². The molecule has 3 rings (SSSR count). The SMILES string of the molecule is CC(C)c1cc(C(=O)O)ccc1OC[C@H]1CC[C@@H](C(=O)N2CCC[C@H]2C#N)N1.O=C(O)C(F)(F)F. The van der Waals surface area contributed by atoms with Crippen molar-refractivity contribution in [3.63, 3.8) is 0 Å². The van der Waals surface area contributed by atoms with Gasteiger partial charge in [-0.1, -0.05) is 13.8 Å². The van der Waals surface area contributed by atoms with Crippen LogP contribution >= 0.6 is 0 Å². The van der Waals surface area contributed by atoms with Crippen LogP contribution in [0.5, 0.6) is 5.75 Å². The fourth-order valence-electron chi connectivity index (χ4n) is 3.96. The van der Waals surface area contributed by atoms with Crippen molar-refractivity contribution in [1.29, 1.82) is 5.26 Å². The standard InChI is InChI=1S/C21H27N3O4.C2HF3O2/c1-13(2)17-10-14(21(26)27)5-8-19(17)28-12-15-6-7-18(23-15)20(25)24-9-3-4-16(24)11-22;3-2(4,5)1(6)7/h5,8,10,13,15-16,18,23H,3-4,6-7,9,12H2,1-2H3,(H,26,27);(H,6,7)/t15-,16+,18+;/m1./s1. The number of carbonyl (C=O) groups is 3. The van der Waals surface area contributed by atoms with E-state index in [0.717, 1.165) is 31.2 Å². The molecule has 35 heavy (non-hydrogen) atoms. The summed E-state index contributed by atoms with van der Waals surface area (Å²) in [5.41, 5.74) is 1.11. The van der Waals surface area contributed by atoms with Gasteiger partial charge in [0.1, 0.15) is 18.4 Å². The first kappa shape index (κ1) is 27.9. The first-order valence-corrected chi connectivity index (χ1v) is 11.1. The topological polar surface area (TPSA) is 140 Å². The minimum atomic E-state index is -5.08. The van der Waals surface area contributed by atoms with Crippen molar-refractivity contribution in [2.45, 2.75) is 69.8 Å². The summed E-state index contributed by atoms with van der Waals surface area (Å²) in [5.74, 6) is -2.88. The third kappa shape index (κ3) is 7.58. The Balaban J connectivity index is 0.000000540. The molecular weight excluding hydrogens is 471 g/mol. The molecule has 0 unspecified atom stereocenters. The number of amides is 1. The Morgan fingerprint density at radius 1 is 1.23 bits per heavy atom. The lowest BCUT2D eigenvalue weighted by Gasteiger charge is -2.24. The summed E-state index contributed by atoms with van der Waals surface area (Å²) >= 11 is 0. The summed E-state index contributed by atoms with van der Waals surface area (Å²) in [6, 6.07) is 6.62. The monoisotopic (exact) mass is 499 g/mol. The number of likely N-dealkylation sites (tertiary alicyclic amines) is 1. The van der Waals surface area contributed by atoms with Crippen LogP contribution in [0, 0.1) is 11.3 Å². The van der Waals surface area contributed by atoms with Gasteiger partial charge in [-0.25, -0.2) is 9.59 Å². The van der Waals surface area contributed by atoms with E-state index in [9.17, 15) is 33.1 Å². The number of nitriles is 1. The molecule has 2 heterocycles. The maximum Gasteiger partial charge on any atom is 0.490 e. The van der Waals surface area contributed by atoms with Gasteiger partial charge in [0.15, 0.2) is 0 Å². The predicted octanol–water partition coefficient (Wildman–Crippen LogP) is 3.16. The second-order valence-corrected chi connectivity index (χ2v) is 8.64. The molecule has 0 aliphatic carbocycles. The van der Waals surface area contributed by atoms with Gasteiger partial charge >= 0.3 is 18.1 Å². The number of hydrogen-bond donors (Lipinski definition) is 3. The third-order valence-corrected chi connectivity index (χ3v) is 5.78. The molecule has 0 radical (unpaired) electrons. The van der Waals surface area contributed by atoms with Crippen LogP contribution in [0.2, 0.25) is 0 Å². The highest BCUT2D eigenvalue weighted by Gasteiger charge is 2.38. The fraction of sp³-hybridized carbons (Fsp3) is 0.565. The molecular formula is C23H28F3N3O6. The van der Waals surface area contributed by atoms with E-state index in [0.29, 0.717) is 18.9 Å². The van der Waals surface area contributed by atoms with Crippen molar-refractivity contribution < 1.29 is 42.5 Å². The highest BCUT2D eigenvalue weighted by molar-refractivity contribution is 5.88. The van der Waals surface area contributed by atoms with Gasteiger partial charge in [-0.15, -0.1) is 0 Å². The largest absolute Gasteiger partial charge is 0.492 e. The molecule has 0 saturated carbocycles. The summed E-state index contributed by atoms with van der Waals surface area (Å²) in [5, 5.41) is 28.8. The highest BCUT2D eigenvalue weighted by Crippen LogP contribution is 2.29. The van der Waals surface area contributed by atoms with Crippen LogP contribution in [0.3, 0.4) is 0 Å². The molecule has 1 aromatic rings. The second-order valence-electron chi connectivity index (χ2n) is 8.64. The molecule has 2 saturated heterocycles. The van der Waals surface area contributed by atoms with Crippen molar-refractivity contribution in [3.8, 4) is 11.8 Å². The highest BCUT2D eigenvalue weighted by atomic mass is 19.4. The van der Waals surface area contributed by atoms with E-state index >= 15 is 0 Å². The lowest BCUT2D eigenvalue weighted by Crippen LogP contribution is -2.47. The van der Waals surface area contributed by atoms with Crippen LogP contribution in [0.25, 0.3) is 0 Å². The molecule has 0 bridgehead atoms. The number of carboxylic acids is 2. The lowest BCUT2D eigenvalue weighted by molar-refractivity contribution is -0.192. The number of benzene rings is 1. The van der Waals surface area contributed by atoms with E-state index in [2.05, 4.69) is 11.4 Å². The minimum absolute atomic E-state index is 0.0141. The summed E-state index contributed by atoms with van der Waals surface area (Å²) in [6.45, 7) is 5.07. The van der Waals surface area contributed by atoms with Gasteiger partial charge in [-0.2, -0.15) is 18.4 Å². The zero-order valence-electron chi connectivity index (χ0n) is 19.3. The van der Waals surface area contributed by atoms with Crippen molar-refractivity contribution in [3.05, 3.63) is 29.3 Å². The number of alkyl halides is 3. The molecule has 2 aliphatic heterocycles. The number of hydrogen-bond acceptors (Lipinski definition) is 6. The maximum atomic E-state index is 12.7. The summed E-state index contributed by atoms with van der Waals surface area (Å²) < 4.78 is 37.7. The Labute approximate surface area is 200 Å². The Bertz CT molecular complexity index is 976. The molecule has 0 aromatic heterocycles. The van der Waals surface area contributed by atoms with Gasteiger partial charge in [0.05, 0.1) is 17.7 Å². The number of nitrogens with zero attached hydrogens (tertiary/aromatic N) is 2. The molecule has 3 N–H and O–H groups in total. The van der Waals surface area contributed by atoms with E-state index in [-0.39, 0.29) is 35.5 Å². The van der Waals surface area contributed by atoms with Crippen molar-refractivity contribution in [2.75, 3.05) is 13.2 Å². The van der Waals surface area contributed by atoms with E-state index in [4.69, 9.17) is 14.6 Å². The number of carbonyl (C=O) groups excluding carboxylic acids is 1. The Hall–Kier alpha value is -3.33. The van der Waals surface area contributed by atoms with Gasteiger partial charge in [-0.05, 0) is 55.4 Å². The Morgan fingerprint density at radius 2 is 1.89 bits per heavy atom. The first-order valence-electron chi connectivity index (χ1n) is 11.1. The van der Waals surface area contributed by atoms with Gasteiger partial charge in [0.25, 0.3) is 0 Å². The number of nitrogens with one attached hydrogen (secondary N) is 1. The molecule has 1 amide bonds. The van der Waals surface area contributed by atoms with E-state index in [1.807, 2.05) is 13.8 Å². The molecule has 192 valence electrons. The average molecular weight is 499 g/mol. The van der Waals surface area contributed by atoms with E-state index in [1.54, 1.807) is 23.1 Å². The Morgan fingerprint density at radius 3 is 2.43 bits per heavy atom. The first-order chi connectivity index (χ1) is 16.3. The number of aromatic carboxylic acids is 1. The Kier molecular flexibility index (Phi) is 9.47. The lowest BCUT2D eigenvalue weighted by atomic mass is 9.99. The van der Waals surface area contributed by atoms with Crippen LogP contribution in [-0.4, -0.2) is 70.4 Å². The van der Waals surface area contributed by atoms with E-state index < -0.39 is 18.1 Å². The summed E-state index contributed by atoms with van der Waals surface area (Å²) in [4.78, 5) is 34.5. The molecule has 2 fully saturated rings. The normalized spacial score (nSPS) is 21.7. The number of rotatable bonds is 6. The minimum Gasteiger partial charge on any atom is -0.492 e. The summed E-state index contributed by atoms with van der Waals surface area (Å²) in [6.07, 6.45) is -1.89. The third-order valence-electron chi connectivity index (χ3n) is 5.78. The predicted molar refractivity (Wildman–Crippen MR) is 117 cm³/mol. The molecule has 3 atom stereocenters. The molecule has 0 spiro atoms. The zero-order chi connectivity index (χ0) is 26.3. The van der Waals surface area contributed by atoms with Crippen LogP contribution in [0.4, 0.5) is 13.2 Å². The van der Waals surface area contributed by atoms with Crippen LogP contribution in [0.1, 0.15) is 61.4 Å². The fourth-order valence-corrected chi connectivity index (χ4v) is 3.96. The van der Waals surface area contributed by atoms with Crippen molar-refractivity contribution >= 4 is 17.8 Å². The number of carboxylic acid groups (broad SMARTS) is 2. The zero-order valence-corrected chi connectivity index (χ0v) is 19.3. The van der Waals surface area contributed by atoms with Crippen LogP contribution < -0.4 is 10.1 Å². The molecule has 2 aliphatic rings. The molecule has 12 heteroatoms. The van der Waals surface area contributed by atoms with Crippen LogP contribution in [-0.2, 0) is 9.59 Å². The summed E-state index contributed by atoms with van der Waals surface area (Å²) in [7, 11) is 0. The van der Waals surface area contributed by atoms with Gasteiger partial charge in [0, 0.05) is 12.6 Å². The van der Waals surface area contributed by atoms with Crippen molar-refractivity contribution in [2.24, 2.45) is 0 Å². The molecule has 1 aromatic carbocycles. The van der Waals surface area contributed by atoms with Gasteiger partial charge in [0.2, 0.25) is 5.91 Å². The maximum absolute atomic E-state index is 12.7. The van der Waals surface area contributed by atoms with E-state index in [1.165, 1.54) is 0 Å². The number of ether oxygens (including phenoxy) is 1. The number of halogens is 3. The smallest absolute Gasteiger partial charge is 0.490 e. The van der Waals surface area contributed by atoms with Gasteiger partial charge in [-0.3, -0.25) is 10.1 Å². The quantitative estimate of drug-likeness (QED) is 0.542.